The summed E-state index contributed by atoms with van der Waals surface area (Å²) in [5.74, 6) is 0.0959. The van der Waals surface area contributed by atoms with Crippen molar-refractivity contribution in [3.8, 4) is 11.8 Å². The molecular formula is C26H29N5O2. The van der Waals surface area contributed by atoms with Gasteiger partial charge in [-0.2, -0.15) is 5.26 Å². The molecule has 1 aromatic heterocycles. The number of aromatic nitrogens is 2. The molecule has 2 heterocycles. The number of nitriles is 1. The molecule has 1 amide bonds. The van der Waals surface area contributed by atoms with Gasteiger partial charge in [-0.15, -0.1) is 0 Å². The number of anilines is 1. The number of carbonyl (C=O) groups is 1. The van der Waals surface area contributed by atoms with Gasteiger partial charge in [-0.25, -0.2) is 9.97 Å². The highest BCUT2D eigenvalue weighted by molar-refractivity contribution is 5.88. The average molecular weight is 444 g/mol. The van der Waals surface area contributed by atoms with Gasteiger partial charge >= 0.3 is 0 Å². The summed E-state index contributed by atoms with van der Waals surface area (Å²) in [5, 5.41) is 12.9. The van der Waals surface area contributed by atoms with Crippen molar-refractivity contribution in [1.82, 2.24) is 15.3 Å². The lowest BCUT2D eigenvalue weighted by Gasteiger charge is -2.25. The van der Waals surface area contributed by atoms with Gasteiger partial charge < -0.3 is 15.0 Å². The first kappa shape index (κ1) is 22.5. The van der Waals surface area contributed by atoms with E-state index in [0.29, 0.717) is 30.0 Å². The largest absolute Gasteiger partial charge is 0.497 e. The number of fused-ring (bicyclic) bond motifs is 1. The Kier molecular flexibility index (Phi) is 7.36. The minimum Gasteiger partial charge on any atom is -0.497 e. The van der Waals surface area contributed by atoms with E-state index in [9.17, 15) is 10.1 Å². The molecule has 4 rings (SSSR count). The van der Waals surface area contributed by atoms with Crippen molar-refractivity contribution in [1.29, 1.82) is 5.26 Å². The Hall–Kier alpha value is -3.66. The lowest BCUT2D eigenvalue weighted by Crippen LogP contribution is -2.33. The van der Waals surface area contributed by atoms with E-state index < -0.39 is 5.92 Å². The van der Waals surface area contributed by atoms with Gasteiger partial charge in [0.1, 0.15) is 11.4 Å². The number of nitrogens with one attached hydrogen (secondary N) is 1. The number of nitrogens with zero attached hydrogens (tertiary/aromatic N) is 4. The van der Waals surface area contributed by atoms with Crippen LogP contribution in [-0.2, 0) is 11.2 Å². The zero-order chi connectivity index (χ0) is 23.0. The summed E-state index contributed by atoms with van der Waals surface area (Å²) < 4.78 is 5.18. The van der Waals surface area contributed by atoms with Crippen LogP contribution in [0.1, 0.15) is 42.9 Å². The maximum Gasteiger partial charge on any atom is 0.243 e. The Morgan fingerprint density at radius 3 is 2.36 bits per heavy atom. The fourth-order valence-corrected chi connectivity index (χ4v) is 4.18. The van der Waals surface area contributed by atoms with E-state index in [-0.39, 0.29) is 5.91 Å². The van der Waals surface area contributed by atoms with Gasteiger partial charge in [0.25, 0.3) is 0 Å². The molecule has 3 aromatic rings. The van der Waals surface area contributed by atoms with E-state index in [1.165, 1.54) is 12.8 Å². The first-order chi connectivity index (χ1) is 16.2. The maximum atomic E-state index is 13.1. The topological polar surface area (TPSA) is 91.1 Å². The Bertz CT molecular complexity index is 1130. The van der Waals surface area contributed by atoms with Crippen molar-refractivity contribution in [3.63, 3.8) is 0 Å². The number of ether oxygens (including phenoxy) is 1. The summed E-state index contributed by atoms with van der Waals surface area (Å²) >= 11 is 0. The molecule has 1 N–H and O–H groups in total. The number of hydrogen-bond donors (Lipinski definition) is 1. The normalized spacial score (nSPS) is 14.8. The van der Waals surface area contributed by atoms with Crippen LogP contribution in [0.5, 0.6) is 5.75 Å². The standard InChI is InChI=1S/C26H29N5O2/c1-33-20-12-10-19(11-13-20)14-15-28-26(32)21(18-27)24-25(31-16-6-2-3-7-17-31)30-23-9-5-4-8-22(23)29-24/h4-5,8-13,21H,2-3,6-7,14-17H2,1H3,(H,28,32)/t21-/m1/s1. The third-order valence-corrected chi connectivity index (χ3v) is 6.02. The van der Waals surface area contributed by atoms with Crippen LogP contribution in [0.2, 0.25) is 0 Å². The summed E-state index contributed by atoms with van der Waals surface area (Å²) in [7, 11) is 1.63. The average Bonchev–Trinajstić information content (AvgIpc) is 3.14. The first-order valence-corrected chi connectivity index (χ1v) is 11.5. The van der Waals surface area contributed by atoms with Gasteiger partial charge in [-0.3, -0.25) is 4.79 Å². The molecule has 7 heteroatoms. The lowest BCUT2D eigenvalue weighted by molar-refractivity contribution is -0.121. The molecule has 7 nitrogen and oxygen atoms in total. The number of hydrogen-bond acceptors (Lipinski definition) is 6. The number of rotatable bonds is 7. The summed E-state index contributed by atoms with van der Waals surface area (Å²) in [4.78, 5) is 24.9. The summed E-state index contributed by atoms with van der Waals surface area (Å²) in [6.45, 7) is 2.15. The molecule has 1 fully saturated rings. The van der Waals surface area contributed by atoms with Crippen LogP contribution in [-0.4, -0.2) is 42.6 Å². The summed E-state index contributed by atoms with van der Waals surface area (Å²) in [5.41, 5.74) is 3.00. The number of benzene rings is 2. The van der Waals surface area contributed by atoms with Crippen molar-refractivity contribution in [2.45, 2.75) is 38.0 Å². The first-order valence-electron chi connectivity index (χ1n) is 11.5. The van der Waals surface area contributed by atoms with Crippen molar-refractivity contribution in [2.75, 3.05) is 31.6 Å². The zero-order valence-corrected chi connectivity index (χ0v) is 19.0. The molecule has 0 saturated carbocycles. The number of carbonyl (C=O) groups excluding carboxylic acids is 1. The van der Waals surface area contributed by atoms with Crippen LogP contribution in [0.3, 0.4) is 0 Å². The maximum absolute atomic E-state index is 13.1. The van der Waals surface area contributed by atoms with E-state index in [1.54, 1.807) is 7.11 Å². The smallest absolute Gasteiger partial charge is 0.243 e. The van der Waals surface area contributed by atoms with Crippen LogP contribution in [0, 0.1) is 11.3 Å². The third kappa shape index (κ3) is 5.40. The molecule has 170 valence electrons. The summed E-state index contributed by atoms with van der Waals surface area (Å²) in [6, 6.07) is 17.5. The van der Waals surface area contributed by atoms with Crippen LogP contribution < -0.4 is 15.0 Å². The number of methoxy groups -OCH3 is 1. The minimum atomic E-state index is -1.02. The highest BCUT2D eigenvalue weighted by atomic mass is 16.5. The second kappa shape index (κ2) is 10.8. The lowest BCUT2D eigenvalue weighted by atomic mass is 10.0. The van der Waals surface area contributed by atoms with Crippen molar-refractivity contribution in [2.24, 2.45) is 0 Å². The Balaban J connectivity index is 1.55. The minimum absolute atomic E-state index is 0.341. The van der Waals surface area contributed by atoms with E-state index in [2.05, 4.69) is 16.3 Å². The molecule has 0 unspecified atom stereocenters. The SMILES string of the molecule is COc1ccc(CCNC(=O)[C@H](C#N)c2nc3ccccc3nc2N2CCCCCC2)cc1. The van der Waals surface area contributed by atoms with Gasteiger partial charge in [-0.05, 0) is 49.1 Å². The van der Waals surface area contributed by atoms with Crippen molar-refractivity contribution in [3.05, 3.63) is 59.8 Å². The fraction of sp³-hybridized carbons (Fsp3) is 0.385. The molecule has 0 bridgehead atoms. The molecule has 0 aliphatic carbocycles. The molecule has 1 saturated heterocycles. The Morgan fingerprint density at radius 2 is 1.73 bits per heavy atom. The molecular weight excluding hydrogens is 414 g/mol. The van der Waals surface area contributed by atoms with Crippen LogP contribution >= 0.6 is 0 Å². The van der Waals surface area contributed by atoms with Gasteiger partial charge in [-0.1, -0.05) is 37.1 Å². The summed E-state index contributed by atoms with van der Waals surface area (Å²) in [6.07, 6.45) is 5.16. The number of amides is 1. The van der Waals surface area contributed by atoms with Crippen LogP contribution in [0.15, 0.2) is 48.5 Å². The zero-order valence-electron chi connectivity index (χ0n) is 19.0. The molecule has 0 radical (unpaired) electrons. The van der Waals surface area contributed by atoms with Gasteiger partial charge in [0.2, 0.25) is 5.91 Å². The van der Waals surface area contributed by atoms with E-state index in [0.717, 1.165) is 42.8 Å². The third-order valence-electron chi connectivity index (χ3n) is 6.02. The molecule has 1 aliphatic heterocycles. The quantitative estimate of drug-likeness (QED) is 0.594. The predicted molar refractivity (Wildman–Crippen MR) is 128 cm³/mol. The van der Waals surface area contributed by atoms with Gasteiger partial charge in [0.05, 0.1) is 24.2 Å². The van der Waals surface area contributed by atoms with Crippen LogP contribution in [0.4, 0.5) is 5.82 Å². The highest BCUT2D eigenvalue weighted by Gasteiger charge is 2.29. The van der Waals surface area contributed by atoms with Gasteiger partial charge in [0.15, 0.2) is 11.7 Å². The second-order valence-corrected chi connectivity index (χ2v) is 8.27. The van der Waals surface area contributed by atoms with Gasteiger partial charge in [0, 0.05) is 19.6 Å². The molecule has 2 aromatic carbocycles. The molecule has 0 spiro atoms. The Morgan fingerprint density at radius 1 is 1.06 bits per heavy atom. The van der Waals surface area contributed by atoms with E-state index in [1.807, 2.05) is 48.5 Å². The molecule has 1 aliphatic rings. The van der Waals surface area contributed by atoms with Crippen LogP contribution in [0.25, 0.3) is 11.0 Å². The number of para-hydroxylation sites is 2. The molecule has 1 atom stereocenters. The monoisotopic (exact) mass is 443 g/mol. The van der Waals surface area contributed by atoms with Crippen molar-refractivity contribution < 1.29 is 9.53 Å². The highest BCUT2D eigenvalue weighted by Crippen LogP contribution is 2.29. The molecule has 33 heavy (non-hydrogen) atoms. The van der Waals surface area contributed by atoms with Crippen molar-refractivity contribution >= 4 is 22.8 Å². The van der Waals surface area contributed by atoms with E-state index in [4.69, 9.17) is 14.7 Å². The second-order valence-electron chi connectivity index (χ2n) is 8.27. The Labute approximate surface area is 194 Å². The fourth-order valence-electron chi connectivity index (χ4n) is 4.18. The van der Waals surface area contributed by atoms with E-state index >= 15 is 0 Å². The predicted octanol–water partition coefficient (Wildman–Crippen LogP) is 3.98.